The Morgan fingerprint density at radius 1 is 1.58 bits per heavy atom. The van der Waals surface area contributed by atoms with Crippen LogP contribution in [0, 0.1) is 0 Å². The number of hydrogen-bond acceptors (Lipinski definition) is 5. The molecule has 0 aliphatic rings. The molecule has 0 saturated carbocycles. The Morgan fingerprint density at radius 3 is 3.00 bits per heavy atom. The minimum absolute atomic E-state index is 0.0230. The zero-order valence-corrected chi connectivity index (χ0v) is 10.9. The van der Waals surface area contributed by atoms with Gasteiger partial charge in [-0.3, -0.25) is 4.79 Å². The highest BCUT2D eigenvalue weighted by Gasteiger charge is 2.07. The molecule has 0 atom stereocenters. The topological polar surface area (TPSA) is 95.1 Å². The van der Waals surface area contributed by atoms with Gasteiger partial charge in [0.25, 0.3) is 0 Å². The van der Waals surface area contributed by atoms with E-state index in [0.29, 0.717) is 16.5 Å². The van der Waals surface area contributed by atoms with Crippen LogP contribution in [0.5, 0.6) is 5.75 Å². The molecule has 8 heteroatoms. The summed E-state index contributed by atoms with van der Waals surface area (Å²) in [6.07, 6.45) is 1.39. The number of halogens is 1. The van der Waals surface area contributed by atoms with Gasteiger partial charge < -0.3 is 15.8 Å². The molecule has 0 unspecified atom stereocenters. The number of anilines is 2. The molecule has 0 saturated heterocycles. The molecular weight excluding hydrogens is 270 g/mol. The Kier molecular flexibility index (Phi) is 3.86. The fourth-order valence-electron chi connectivity index (χ4n) is 1.47. The van der Waals surface area contributed by atoms with Crippen molar-refractivity contribution in [3.63, 3.8) is 0 Å². The number of ether oxygens (including phenoxy) is 1. The lowest BCUT2D eigenvalue weighted by atomic mass is 10.3. The molecule has 1 amide bonds. The molecule has 0 aliphatic heterocycles. The molecule has 1 aromatic heterocycles. The smallest absolute Gasteiger partial charge is 0.246 e. The highest BCUT2D eigenvalue weighted by Crippen LogP contribution is 2.27. The third-order valence-electron chi connectivity index (χ3n) is 2.29. The van der Waals surface area contributed by atoms with E-state index in [2.05, 4.69) is 15.4 Å². The molecule has 19 heavy (non-hydrogen) atoms. The van der Waals surface area contributed by atoms with Gasteiger partial charge in [0.1, 0.15) is 18.6 Å². The van der Waals surface area contributed by atoms with Crippen LogP contribution in [0.1, 0.15) is 0 Å². The maximum absolute atomic E-state index is 11.8. The van der Waals surface area contributed by atoms with Gasteiger partial charge in [-0.15, -0.1) is 5.10 Å². The van der Waals surface area contributed by atoms with Gasteiger partial charge in [-0.2, -0.15) is 0 Å². The molecule has 0 fully saturated rings. The first-order valence-corrected chi connectivity index (χ1v) is 5.74. The molecule has 0 spiro atoms. The van der Waals surface area contributed by atoms with Gasteiger partial charge in [-0.05, 0) is 12.1 Å². The van der Waals surface area contributed by atoms with E-state index in [1.807, 2.05) is 0 Å². The Labute approximate surface area is 114 Å². The van der Waals surface area contributed by atoms with Crippen molar-refractivity contribution < 1.29 is 9.53 Å². The fourth-order valence-corrected chi connectivity index (χ4v) is 1.67. The van der Waals surface area contributed by atoms with Crippen LogP contribution in [0.3, 0.4) is 0 Å². The molecular formula is C11H12ClN5O2. The van der Waals surface area contributed by atoms with Crippen molar-refractivity contribution >= 4 is 29.1 Å². The highest BCUT2D eigenvalue weighted by atomic mass is 35.5. The maximum atomic E-state index is 11.8. The van der Waals surface area contributed by atoms with Gasteiger partial charge >= 0.3 is 0 Å². The van der Waals surface area contributed by atoms with Crippen LogP contribution in [-0.2, 0) is 11.3 Å². The first-order valence-electron chi connectivity index (χ1n) is 5.37. The number of aromatic nitrogens is 3. The standard InChI is InChI=1S/C11H12ClN5O2/c1-19-9-4-7(2-3-8(9)12)15-10(18)5-17-6-14-11(13)16-17/h2-4,6H,5H2,1H3,(H2,13,16)(H,15,18). The van der Waals surface area contributed by atoms with Gasteiger partial charge in [0.2, 0.25) is 11.9 Å². The number of hydrogen-bond donors (Lipinski definition) is 2. The van der Waals surface area contributed by atoms with Crippen LogP contribution in [0.15, 0.2) is 24.5 Å². The normalized spacial score (nSPS) is 10.2. The van der Waals surface area contributed by atoms with E-state index in [4.69, 9.17) is 22.1 Å². The van der Waals surface area contributed by atoms with Crippen LogP contribution in [-0.4, -0.2) is 27.8 Å². The second-order valence-electron chi connectivity index (χ2n) is 3.70. The summed E-state index contributed by atoms with van der Waals surface area (Å²) in [5.41, 5.74) is 5.94. The summed E-state index contributed by atoms with van der Waals surface area (Å²) in [4.78, 5) is 15.5. The van der Waals surface area contributed by atoms with Crippen molar-refractivity contribution in [3.05, 3.63) is 29.5 Å². The van der Waals surface area contributed by atoms with E-state index in [-0.39, 0.29) is 18.4 Å². The van der Waals surface area contributed by atoms with E-state index < -0.39 is 0 Å². The van der Waals surface area contributed by atoms with Crippen molar-refractivity contribution in [3.8, 4) is 5.75 Å². The van der Waals surface area contributed by atoms with Crippen molar-refractivity contribution in [2.24, 2.45) is 0 Å². The number of nitrogens with one attached hydrogen (secondary N) is 1. The summed E-state index contributed by atoms with van der Waals surface area (Å²) in [5, 5.41) is 6.99. The SMILES string of the molecule is COc1cc(NC(=O)Cn2cnc(N)n2)ccc1Cl. The van der Waals surface area contributed by atoms with Gasteiger partial charge in [0, 0.05) is 11.8 Å². The molecule has 7 nitrogen and oxygen atoms in total. The average molecular weight is 282 g/mol. The largest absolute Gasteiger partial charge is 0.495 e. The number of rotatable bonds is 4. The number of amides is 1. The fraction of sp³-hybridized carbons (Fsp3) is 0.182. The van der Waals surface area contributed by atoms with Crippen LogP contribution in [0.2, 0.25) is 5.02 Å². The van der Waals surface area contributed by atoms with Crippen molar-refractivity contribution in [1.82, 2.24) is 14.8 Å². The van der Waals surface area contributed by atoms with E-state index >= 15 is 0 Å². The second kappa shape index (κ2) is 5.57. The summed E-state index contributed by atoms with van der Waals surface area (Å²) in [5.74, 6) is 0.361. The molecule has 2 aromatic rings. The quantitative estimate of drug-likeness (QED) is 0.877. The van der Waals surface area contributed by atoms with Gasteiger partial charge in [0.05, 0.1) is 12.1 Å². The summed E-state index contributed by atoms with van der Waals surface area (Å²) in [6.45, 7) is 0.0230. The zero-order chi connectivity index (χ0) is 13.8. The number of methoxy groups -OCH3 is 1. The van der Waals surface area contributed by atoms with Crippen LogP contribution in [0.25, 0.3) is 0 Å². The summed E-state index contributed by atoms with van der Waals surface area (Å²) in [7, 11) is 1.50. The first kappa shape index (κ1) is 13.2. The Bertz CT molecular complexity index is 599. The number of nitrogens with two attached hydrogens (primary N) is 1. The second-order valence-corrected chi connectivity index (χ2v) is 4.11. The van der Waals surface area contributed by atoms with Crippen LogP contribution in [0.4, 0.5) is 11.6 Å². The van der Waals surface area contributed by atoms with E-state index in [9.17, 15) is 4.79 Å². The van der Waals surface area contributed by atoms with Crippen molar-refractivity contribution in [2.75, 3.05) is 18.2 Å². The zero-order valence-electron chi connectivity index (χ0n) is 10.1. The van der Waals surface area contributed by atoms with Crippen LogP contribution >= 0.6 is 11.6 Å². The molecule has 0 radical (unpaired) electrons. The molecule has 1 heterocycles. The van der Waals surface area contributed by atoms with Gasteiger partial charge in [-0.25, -0.2) is 9.67 Å². The maximum Gasteiger partial charge on any atom is 0.246 e. The monoisotopic (exact) mass is 281 g/mol. The summed E-state index contributed by atoms with van der Waals surface area (Å²) in [6, 6.07) is 4.96. The number of nitrogens with zero attached hydrogens (tertiary/aromatic N) is 3. The molecule has 1 aromatic carbocycles. The van der Waals surface area contributed by atoms with Gasteiger partial charge in [-0.1, -0.05) is 11.6 Å². The third kappa shape index (κ3) is 3.35. The lowest BCUT2D eigenvalue weighted by Crippen LogP contribution is -2.19. The number of carbonyl (C=O) groups is 1. The number of nitrogen functional groups attached to an aromatic ring is 1. The minimum Gasteiger partial charge on any atom is -0.495 e. The first-order chi connectivity index (χ1) is 9.08. The van der Waals surface area contributed by atoms with Crippen LogP contribution < -0.4 is 15.8 Å². The predicted octanol–water partition coefficient (Wildman–Crippen LogP) is 1.16. The van der Waals surface area contributed by atoms with E-state index in [0.717, 1.165) is 0 Å². The number of benzene rings is 1. The van der Waals surface area contributed by atoms with E-state index in [1.54, 1.807) is 18.2 Å². The Morgan fingerprint density at radius 2 is 2.37 bits per heavy atom. The highest BCUT2D eigenvalue weighted by molar-refractivity contribution is 6.32. The van der Waals surface area contributed by atoms with E-state index in [1.165, 1.54) is 18.1 Å². The van der Waals surface area contributed by atoms with Gasteiger partial charge in [0.15, 0.2) is 0 Å². The molecule has 0 aliphatic carbocycles. The predicted molar refractivity (Wildman–Crippen MR) is 71.1 cm³/mol. The van der Waals surface area contributed by atoms with Crippen molar-refractivity contribution in [1.29, 1.82) is 0 Å². The molecule has 100 valence electrons. The molecule has 2 rings (SSSR count). The average Bonchev–Trinajstić information content (AvgIpc) is 2.77. The summed E-state index contributed by atoms with van der Waals surface area (Å²) >= 11 is 5.89. The number of carbonyl (C=O) groups excluding carboxylic acids is 1. The lowest BCUT2D eigenvalue weighted by molar-refractivity contribution is -0.116. The minimum atomic E-state index is -0.255. The Hall–Kier alpha value is -2.28. The molecule has 0 bridgehead atoms. The van der Waals surface area contributed by atoms with Crippen molar-refractivity contribution in [2.45, 2.75) is 6.54 Å². The third-order valence-corrected chi connectivity index (χ3v) is 2.61. The molecule has 3 N–H and O–H groups in total. The Balaban J connectivity index is 2.02. The lowest BCUT2D eigenvalue weighted by Gasteiger charge is -2.08. The summed E-state index contributed by atoms with van der Waals surface area (Å²) < 4.78 is 6.41.